The average molecular weight is 290 g/mol. The molecule has 2 rings (SSSR count). The van der Waals surface area contributed by atoms with Gasteiger partial charge < -0.3 is 15.0 Å². The Balaban J connectivity index is 1.90. The fourth-order valence-corrected chi connectivity index (χ4v) is 2.69. The summed E-state index contributed by atoms with van der Waals surface area (Å²) in [5.74, 6) is 0.863. The van der Waals surface area contributed by atoms with E-state index in [2.05, 4.69) is 5.32 Å². The van der Waals surface area contributed by atoms with Crippen molar-refractivity contribution in [3.63, 3.8) is 0 Å². The largest absolute Gasteiger partial charge is 0.481 e. The molecule has 0 radical (unpaired) electrons. The van der Waals surface area contributed by atoms with Crippen molar-refractivity contribution in [1.29, 1.82) is 0 Å². The number of amides is 1. The molecule has 1 atom stereocenters. The van der Waals surface area contributed by atoms with Crippen molar-refractivity contribution in [1.82, 2.24) is 10.2 Å². The van der Waals surface area contributed by atoms with Gasteiger partial charge >= 0.3 is 0 Å². The van der Waals surface area contributed by atoms with Gasteiger partial charge in [-0.3, -0.25) is 4.79 Å². The predicted molar refractivity (Wildman–Crippen MR) is 84.3 cm³/mol. The molecule has 1 heterocycles. The molecule has 1 fully saturated rings. The molecule has 4 nitrogen and oxygen atoms in total. The van der Waals surface area contributed by atoms with E-state index in [1.54, 1.807) is 0 Å². The normalized spacial score (nSPS) is 17.1. The van der Waals surface area contributed by atoms with Gasteiger partial charge in [-0.05, 0) is 44.5 Å². The molecule has 1 unspecified atom stereocenters. The van der Waals surface area contributed by atoms with Gasteiger partial charge in [0.25, 0.3) is 5.91 Å². The summed E-state index contributed by atoms with van der Waals surface area (Å²) in [6, 6.07) is 7.90. The van der Waals surface area contributed by atoms with Crippen LogP contribution in [0.5, 0.6) is 5.75 Å². The number of carbonyl (C=O) groups excluding carboxylic acids is 1. The Kier molecular flexibility index (Phi) is 6.05. The molecule has 1 aromatic rings. The van der Waals surface area contributed by atoms with Gasteiger partial charge in [0.1, 0.15) is 5.75 Å². The molecule has 0 saturated carbocycles. The second-order valence-electron chi connectivity index (χ2n) is 5.67. The van der Waals surface area contributed by atoms with E-state index in [4.69, 9.17) is 4.74 Å². The fraction of sp³-hybridized carbons (Fsp3) is 0.588. The maximum Gasteiger partial charge on any atom is 0.263 e. The Morgan fingerprint density at radius 2 is 1.81 bits per heavy atom. The van der Waals surface area contributed by atoms with Gasteiger partial charge in [-0.1, -0.05) is 25.0 Å². The summed E-state index contributed by atoms with van der Waals surface area (Å²) in [6.07, 6.45) is 4.25. The molecule has 4 heteroatoms. The molecule has 1 aliphatic heterocycles. The molecule has 21 heavy (non-hydrogen) atoms. The standard InChI is InChI=1S/C17H26N2O2/c1-14(17(20)19-11-5-3-4-6-12-19)21-16-9-7-15(8-10-16)13-18-2/h7-10,14,18H,3-6,11-13H2,1-2H3. The van der Waals surface area contributed by atoms with Crippen molar-refractivity contribution in [3.05, 3.63) is 29.8 Å². The monoisotopic (exact) mass is 290 g/mol. The van der Waals surface area contributed by atoms with E-state index in [-0.39, 0.29) is 5.91 Å². The van der Waals surface area contributed by atoms with Crippen molar-refractivity contribution in [2.75, 3.05) is 20.1 Å². The van der Waals surface area contributed by atoms with Crippen LogP contribution in [-0.4, -0.2) is 37.0 Å². The third-order valence-corrected chi connectivity index (χ3v) is 3.88. The summed E-state index contributed by atoms with van der Waals surface area (Å²) >= 11 is 0. The highest BCUT2D eigenvalue weighted by Crippen LogP contribution is 2.16. The van der Waals surface area contributed by atoms with E-state index >= 15 is 0 Å². The zero-order valence-electron chi connectivity index (χ0n) is 13.1. The van der Waals surface area contributed by atoms with E-state index in [0.29, 0.717) is 0 Å². The molecule has 0 aliphatic carbocycles. The number of hydrogen-bond donors (Lipinski definition) is 1. The van der Waals surface area contributed by atoms with Crippen molar-refractivity contribution >= 4 is 5.91 Å². The van der Waals surface area contributed by atoms with Crippen molar-refractivity contribution < 1.29 is 9.53 Å². The number of benzene rings is 1. The minimum absolute atomic E-state index is 0.108. The second kappa shape index (κ2) is 8.03. The van der Waals surface area contributed by atoms with E-state index in [1.165, 1.54) is 18.4 Å². The number of hydrogen-bond acceptors (Lipinski definition) is 3. The predicted octanol–water partition coefficient (Wildman–Crippen LogP) is 2.58. The van der Waals surface area contributed by atoms with Crippen molar-refractivity contribution in [2.24, 2.45) is 0 Å². The van der Waals surface area contributed by atoms with Crippen molar-refractivity contribution in [3.8, 4) is 5.75 Å². The van der Waals surface area contributed by atoms with Gasteiger partial charge in [-0.2, -0.15) is 0 Å². The Hall–Kier alpha value is -1.55. The lowest BCUT2D eigenvalue weighted by Gasteiger charge is -2.24. The highest BCUT2D eigenvalue weighted by Gasteiger charge is 2.22. The lowest BCUT2D eigenvalue weighted by molar-refractivity contribution is -0.137. The molecule has 1 saturated heterocycles. The van der Waals surface area contributed by atoms with Crippen LogP contribution in [0.4, 0.5) is 0 Å². The first-order valence-electron chi connectivity index (χ1n) is 7.89. The fourth-order valence-electron chi connectivity index (χ4n) is 2.69. The summed E-state index contributed by atoms with van der Waals surface area (Å²) in [5, 5.41) is 3.11. The molecule has 0 bridgehead atoms. The number of nitrogens with one attached hydrogen (secondary N) is 1. The van der Waals surface area contributed by atoms with Crippen molar-refractivity contribution in [2.45, 2.75) is 45.3 Å². The zero-order valence-corrected chi connectivity index (χ0v) is 13.1. The Labute approximate surface area is 127 Å². The molecule has 1 amide bonds. The highest BCUT2D eigenvalue weighted by atomic mass is 16.5. The average Bonchev–Trinajstić information content (AvgIpc) is 2.78. The van der Waals surface area contributed by atoms with Crippen LogP contribution in [0.1, 0.15) is 38.2 Å². The van der Waals surface area contributed by atoms with Crippen LogP contribution in [-0.2, 0) is 11.3 Å². The van der Waals surface area contributed by atoms with Gasteiger partial charge in [0.15, 0.2) is 6.10 Å². The van der Waals surface area contributed by atoms with Gasteiger partial charge in [0.2, 0.25) is 0 Å². The Morgan fingerprint density at radius 3 is 2.38 bits per heavy atom. The summed E-state index contributed by atoms with van der Waals surface area (Å²) < 4.78 is 5.79. The Bertz CT molecular complexity index is 437. The van der Waals surface area contributed by atoms with Gasteiger partial charge in [0, 0.05) is 19.6 Å². The van der Waals surface area contributed by atoms with Gasteiger partial charge in [-0.15, -0.1) is 0 Å². The molecule has 0 spiro atoms. The van der Waals surface area contributed by atoms with Crippen LogP contribution in [0.25, 0.3) is 0 Å². The summed E-state index contributed by atoms with van der Waals surface area (Å²) in [5.41, 5.74) is 1.20. The molecular weight excluding hydrogens is 264 g/mol. The molecular formula is C17H26N2O2. The first-order chi connectivity index (χ1) is 10.2. The van der Waals surface area contributed by atoms with Crippen LogP contribution in [0.3, 0.4) is 0 Å². The summed E-state index contributed by atoms with van der Waals surface area (Å²) in [4.78, 5) is 14.4. The maximum absolute atomic E-state index is 12.4. The Morgan fingerprint density at radius 1 is 1.19 bits per heavy atom. The number of ether oxygens (including phenoxy) is 1. The van der Waals surface area contributed by atoms with E-state index in [0.717, 1.165) is 38.2 Å². The van der Waals surface area contributed by atoms with E-state index in [1.807, 2.05) is 43.1 Å². The van der Waals surface area contributed by atoms with E-state index in [9.17, 15) is 4.79 Å². The minimum Gasteiger partial charge on any atom is -0.481 e. The van der Waals surface area contributed by atoms with Crippen LogP contribution < -0.4 is 10.1 Å². The maximum atomic E-state index is 12.4. The van der Waals surface area contributed by atoms with Crippen LogP contribution >= 0.6 is 0 Å². The molecule has 1 aromatic carbocycles. The molecule has 116 valence electrons. The summed E-state index contributed by atoms with van der Waals surface area (Å²) in [6.45, 7) is 4.42. The number of rotatable bonds is 5. The second-order valence-corrected chi connectivity index (χ2v) is 5.67. The molecule has 0 aromatic heterocycles. The first-order valence-corrected chi connectivity index (χ1v) is 7.89. The lowest BCUT2D eigenvalue weighted by Crippen LogP contribution is -2.40. The number of nitrogens with zero attached hydrogens (tertiary/aromatic N) is 1. The highest BCUT2D eigenvalue weighted by molar-refractivity contribution is 5.80. The number of carbonyl (C=O) groups is 1. The quantitative estimate of drug-likeness (QED) is 0.906. The van der Waals surface area contributed by atoms with Gasteiger partial charge in [-0.25, -0.2) is 0 Å². The zero-order chi connectivity index (χ0) is 15.1. The SMILES string of the molecule is CNCc1ccc(OC(C)C(=O)N2CCCCCC2)cc1. The minimum atomic E-state index is -0.418. The smallest absolute Gasteiger partial charge is 0.263 e. The molecule has 1 aliphatic rings. The summed E-state index contributed by atoms with van der Waals surface area (Å²) in [7, 11) is 1.92. The lowest BCUT2D eigenvalue weighted by atomic mass is 10.2. The third kappa shape index (κ3) is 4.74. The number of likely N-dealkylation sites (tertiary alicyclic amines) is 1. The first kappa shape index (κ1) is 15.8. The van der Waals surface area contributed by atoms with Crippen LogP contribution in [0.2, 0.25) is 0 Å². The van der Waals surface area contributed by atoms with Gasteiger partial charge in [0.05, 0.1) is 0 Å². The van der Waals surface area contributed by atoms with Crippen LogP contribution in [0.15, 0.2) is 24.3 Å². The topological polar surface area (TPSA) is 41.6 Å². The van der Waals surface area contributed by atoms with E-state index < -0.39 is 6.10 Å². The van der Waals surface area contributed by atoms with Crippen LogP contribution in [0, 0.1) is 0 Å². The third-order valence-electron chi connectivity index (χ3n) is 3.88. The molecule has 1 N–H and O–H groups in total.